The van der Waals surface area contributed by atoms with Crippen LogP contribution in [0, 0.1) is 0 Å². The van der Waals surface area contributed by atoms with Crippen molar-refractivity contribution >= 4 is 37.6 Å². The number of halogens is 2. The Morgan fingerprint density at radius 3 is 2.88 bits per heavy atom. The highest BCUT2D eigenvalue weighted by molar-refractivity contribution is 9.13. The summed E-state index contributed by atoms with van der Waals surface area (Å²) in [5, 5.41) is 0. The van der Waals surface area contributed by atoms with Crippen molar-refractivity contribution in [2.45, 2.75) is 26.2 Å². The molecule has 0 unspecified atom stereocenters. The molecule has 1 heterocycles. The minimum absolute atomic E-state index is 0.222. The normalized spacial score (nSPS) is 13.4. The number of ketones is 1. The first-order valence-electron chi connectivity index (χ1n) is 5.21. The molecule has 0 aliphatic carbocycles. The van der Waals surface area contributed by atoms with Crippen molar-refractivity contribution in [3.05, 3.63) is 26.1 Å². The number of hydrogen-bond donors (Lipinski definition) is 0. The Hall–Kier alpha value is -0.350. The monoisotopic (exact) mass is 346 g/mol. The third-order valence-electron chi connectivity index (χ3n) is 2.68. The molecule has 0 saturated heterocycles. The van der Waals surface area contributed by atoms with Gasteiger partial charge in [0, 0.05) is 17.3 Å². The highest BCUT2D eigenvalue weighted by Crippen LogP contribution is 2.41. The second kappa shape index (κ2) is 4.88. The van der Waals surface area contributed by atoms with Gasteiger partial charge >= 0.3 is 0 Å². The number of carbonyl (C=O) groups excluding carboxylic acids is 1. The van der Waals surface area contributed by atoms with Crippen LogP contribution in [0.3, 0.4) is 0 Å². The van der Waals surface area contributed by atoms with Crippen LogP contribution in [0.15, 0.2) is 15.0 Å². The van der Waals surface area contributed by atoms with E-state index in [1.54, 1.807) is 6.92 Å². The fourth-order valence-corrected chi connectivity index (χ4v) is 2.93. The van der Waals surface area contributed by atoms with Crippen molar-refractivity contribution in [3.63, 3.8) is 0 Å². The van der Waals surface area contributed by atoms with Crippen LogP contribution in [0.25, 0.3) is 0 Å². The zero-order valence-corrected chi connectivity index (χ0v) is 12.2. The van der Waals surface area contributed by atoms with Crippen LogP contribution in [0.2, 0.25) is 0 Å². The number of benzene rings is 1. The van der Waals surface area contributed by atoms with Gasteiger partial charge in [0.1, 0.15) is 11.5 Å². The molecular formula is C12H12Br2O2. The minimum Gasteiger partial charge on any atom is -0.492 e. The number of Topliss-reactive ketones (excluding diaryl/α,β-unsaturated/α-hetero) is 1. The molecule has 16 heavy (non-hydrogen) atoms. The van der Waals surface area contributed by atoms with Gasteiger partial charge in [-0.05, 0) is 56.3 Å². The average molecular weight is 348 g/mol. The first-order valence-corrected chi connectivity index (χ1v) is 6.80. The Kier molecular flexibility index (Phi) is 3.70. The molecule has 2 rings (SSSR count). The van der Waals surface area contributed by atoms with E-state index in [1.807, 2.05) is 0 Å². The van der Waals surface area contributed by atoms with Crippen LogP contribution in [0.4, 0.5) is 0 Å². The lowest BCUT2D eigenvalue weighted by Crippen LogP contribution is -1.96. The van der Waals surface area contributed by atoms with Crippen molar-refractivity contribution in [1.82, 2.24) is 0 Å². The molecule has 0 aromatic heterocycles. The summed E-state index contributed by atoms with van der Waals surface area (Å²) < 4.78 is 7.53. The van der Waals surface area contributed by atoms with Crippen LogP contribution in [-0.2, 0) is 17.6 Å². The van der Waals surface area contributed by atoms with Crippen molar-refractivity contribution in [3.8, 4) is 5.75 Å². The van der Waals surface area contributed by atoms with Crippen LogP contribution >= 0.6 is 31.9 Å². The summed E-state index contributed by atoms with van der Waals surface area (Å²) in [6.45, 7) is 2.37. The molecule has 1 aliphatic rings. The smallest absolute Gasteiger partial charge is 0.137 e. The fraction of sp³-hybridized carbons (Fsp3) is 0.417. The van der Waals surface area contributed by atoms with E-state index in [9.17, 15) is 4.79 Å². The van der Waals surface area contributed by atoms with E-state index >= 15 is 0 Å². The lowest BCUT2D eigenvalue weighted by atomic mass is 10.0. The number of fused-ring (bicyclic) bond motifs is 1. The van der Waals surface area contributed by atoms with Gasteiger partial charge in [-0.15, -0.1) is 0 Å². The summed E-state index contributed by atoms with van der Waals surface area (Å²) in [4.78, 5) is 11.0. The predicted octanol–water partition coefficient (Wildman–Crippen LogP) is 3.67. The van der Waals surface area contributed by atoms with E-state index in [-0.39, 0.29) is 5.78 Å². The zero-order valence-electron chi connectivity index (χ0n) is 8.98. The van der Waals surface area contributed by atoms with Crippen LogP contribution in [0.5, 0.6) is 5.75 Å². The Morgan fingerprint density at radius 1 is 1.44 bits per heavy atom. The SMILES string of the molecule is CC(=O)CCc1cc2c(c(Br)c1Br)OCC2. The maximum atomic E-state index is 11.0. The van der Waals surface area contributed by atoms with Gasteiger partial charge in [-0.25, -0.2) is 0 Å². The Morgan fingerprint density at radius 2 is 2.19 bits per heavy atom. The topological polar surface area (TPSA) is 26.3 Å². The second-order valence-electron chi connectivity index (χ2n) is 3.95. The van der Waals surface area contributed by atoms with E-state index < -0.39 is 0 Å². The highest BCUT2D eigenvalue weighted by atomic mass is 79.9. The van der Waals surface area contributed by atoms with Crippen LogP contribution in [-0.4, -0.2) is 12.4 Å². The molecule has 0 radical (unpaired) electrons. The minimum atomic E-state index is 0.222. The maximum absolute atomic E-state index is 11.0. The number of hydrogen-bond acceptors (Lipinski definition) is 2. The fourth-order valence-electron chi connectivity index (χ4n) is 1.82. The number of ether oxygens (including phenoxy) is 1. The molecular weight excluding hydrogens is 336 g/mol. The third kappa shape index (κ3) is 2.33. The third-order valence-corrected chi connectivity index (χ3v) is 4.87. The molecule has 0 atom stereocenters. The molecule has 0 N–H and O–H groups in total. The summed E-state index contributed by atoms with van der Waals surface area (Å²) >= 11 is 7.08. The van der Waals surface area contributed by atoms with Gasteiger partial charge in [0.05, 0.1) is 11.1 Å². The van der Waals surface area contributed by atoms with Crippen molar-refractivity contribution in [1.29, 1.82) is 0 Å². The first kappa shape index (κ1) is 12.1. The molecule has 1 aromatic carbocycles. The lowest BCUT2D eigenvalue weighted by Gasteiger charge is -2.10. The molecule has 1 aliphatic heterocycles. The molecule has 4 heteroatoms. The van der Waals surface area contributed by atoms with E-state index in [0.717, 1.165) is 34.1 Å². The summed E-state index contributed by atoms with van der Waals surface area (Å²) in [5.74, 6) is 1.17. The Labute approximate surface area is 112 Å². The lowest BCUT2D eigenvalue weighted by molar-refractivity contribution is -0.116. The van der Waals surface area contributed by atoms with Crippen molar-refractivity contribution < 1.29 is 9.53 Å². The Bertz CT molecular complexity index is 441. The predicted molar refractivity (Wildman–Crippen MR) is 70.0 cm³/mol. The molecule has 2 nitrogen and oxygen atoms in total. The van der Waals surface area contributed by atoms with Gasteiger partial charge in [-0.3, -0.25) is 0 Å². The van der Waals surface area contributed by atoms with Crippen molar-refractivity contribution in [2.75, 3.05) is 6.61 Å². The summed E-state index contributed by atoms with van der Waals surface area (Å²) in [5.41, 5.74) is 2.40. The van der Waals surface area contributed by atoms with E-state index in [0.29, 0.717) is 6.42 Å². The average Bonchev–Trinajstić information content (AvgIpc) is 2.69. The van der Waals surface area contributed by atoms with Gasteiger partial charge in [0.15, 0.2) is 0 Å². The Balaban J connectivity index is 2.32. The molecule has 0 saturated carbocycles. The molecule has 1 aromatic rings. The number of carbonyl (C=O) groups is 1. The molecule has 0 spiro atoms. The summed E-state index contributed by atoms with van der Waals surface area (Å²) in [6, 6.07) is 2.14. The van der Waals surface area contributed by atoms with Gasteiger partial charge in [-0.2, -0.15) is 0 Å². The molecule has 86 valence electrons. The number of aryl methyl sites for hydroxylation is 1. The second-order valence-corrected chi connectivity index (χ2v) is 5.54. The molecule has 0 bridgehead atoms. The van der Waals surface area contributed by atoms with Gasteiger partial charge in [-0.1, -0.05) is 6.07 Å². The molecule has 0 amide bonds. The van der Waals surface area contributed by atoms with E-state index in [1.165, 1.54) is 11.1 Å². The number of rotatable bonds is 3. The van der Waals surface area contributed by atoms with Gasteiger partial charge in [0.2, 0.25) is 0 Å². The maximum Gasteiger partial charge on any atom is 0.137 e. The largest absolute Gasteiger partial charge is 0.492 e. The van der Waals surface area contributed by atoms with Crippen LogP contribution < -0.4 is 4.74 Å². The van der Waals surface area contributed by atoms with Gasteiger partial charge < -0.3 is 9.53 Å². The summed E-state index contributed by atoms with van der Waals surface area (Å²) in [7, 11) is 0. The summed E-state index contributed by atoms with van der Waals surface area (Å²) in [6.07, 6.45) is 2.32. The quantitative estimate of drug-likeness (QED) is 0.833. The highest BCUT2D eigenvalue weighted by Gasteiger charge is 2.20. The van der Waals surface area contributed by atoms with E-state index in [4.69, 9.17) is 4.74 Å². The van der Waals surface area contributed by atoms with Crippen molar-refractivity contribution in [2.24, 2.45) is 0 Å². The van der Waals surface area contributed by atoms with Crippen LogP contribution in [0.1, 0.15) is 24.5 Å². The first-order chi connectivity index (χ1) is 7.59. The zero-order chi connectivity index (χ0) is 11.7. The standard InChI is InChI=1S/C12H12Br2O2/c1-7(15)2-3-8-6-9-4-5-16-12(9)11(14)10(8)13/h6H,2-5H2,1H3. The van der Waals surface area contributed by atoms with Gasteiger partial charge in [0.25, 0.3) is 0 Å². The van der Waals surface area contributed by atoms with E-state index in [2.05, 4.69) is 37.9 Å². The molecule has 0 fully saturated rings.